The van der Waals surface area contributed by atoms with Gasteiger partial charge >= 0.3 is 11.9 Å². The molecule has 0 bridgehead atoms. The standard InChI is InChI=1S/C43H84NO8P/c1-6-8-10-12-14-16-17-18-19-20-21-22-23-24-25-26-27-28-30-31-33-35-42(45)49-39-41(40-51-53(47,48)50-38-37-44(3,4)5)52-43(46)36-34-32-29-15-13-11-9-7-2/h18-19,41H,6-17,20-40H2,1-5H3/b19-18+/t41-/m0/s1. The molecule has 0 radical (unpaired) electrons. The van der Waals surface area contributed by atoms with Crippen molar-refractivity contribution in [2.24, 2.45) is 0 Å². The Morgan fingerprint density at radius 3 is 1.40 bits per heavy atom. The summed E-state index contributed by atoms with van der Waals surface area (Å²) in [4.78, 5) is 37.3. The molecule has 0 aromatic rings. The molecule has 0 heterocycles. The van der Waals surface area contributed by atoms with Crippen LogP contribution in [0.4, 0.5) is 0 Å². The molecule has 314 valence electrons. The van der Waals surface area contributed by atoms with Crippen molar-refractivity contribution in [1.82, 2.24) is 0 Å². The molecule has 53 heavy (non-hydrogen) atoms. The fourth-order valence-corrected chi connectivity index (χ4v) is 6.79. The number of hydrogen-bond donors (Lipinski definition) is 0. The summed E-state index contributed by atoms with van der Waals surface area (Å²) in [5.41, 5.74) is 0. The summed E-state index contributed by atoms with van der Waals surface area (Å²) in [5, 5.41) is 0. The number of carbonyl (C=O) groups excluding carboxylic acids is 2. The van der Waals surface area contributed by atoms with Gasteiger partial charge in [0.1, 0.15) is 19.8 Å². The Kier molecular flexibility index (Phi) is 35.5. The molecule has 0 fully saturated rings. The minimum Gasteiger partial charge on any atom is -0.756 e. The minimum absolute atomic E-state index is 0.0279. The molecule has 0 aliphatic rings. The molecular weight excluding hydrogens is 689 g/mol. The summed E-state index contributed by atoms with van der Waals surface area (Å²) in [6, 6.07) is 0. The first kappa shape index (κ1) is 51.8. The van der Waals surface area contributed by atoms with Gasteiger partial charge in [-0.1, -0.05) is 161 Å². The largest absolute Gasteiger partial charge is 0.756 e. The first-order valence-corrected chi connectivity index (χ1v) is 23.4. The molecule has 0 aliphatic carbocycles. The maximum Gasteiger partial charge on any atom is 0.306 e. The van der Waals surface area contributed by atoms with Crippen LogP contribution in [0, 0.1) is 0 Å². The molecule has 0 aromatic carbocycles. The Morgan fingerprint density at radius 2 is 0.962 bits per heavy atom. The molecule has 0 saturated heterocycles. The van der Waals surface area contributed by atoms with Gasteiger partial charge in [-0.3, -0.25) is 14.2 Å². The summed E-state index contributed by atoms with van der Waals surface area (Å²) < 4.78 is 33.8. The second-order valence-electron chi connectivity index (χ2n) is 16.1. The van der Waals surface area contributed by atoms with Crippen LogP contribution in [0.1, 0.15) is 200 Å². The Bertz CT molecular complexity index is 922. The Labute approximate surface area is 326 Å². The van der Waals surface area contributed by atoms with Gasteiger partial charge in [0.2, 0.25) is 0 Å². The van der Waals surface area contributed by atoms with Gasteiger partial charge in [0.05, 0.1) is 27.7 Å². The van der Waals surface area contributed by atoms with E-state index in [1.54, 1.807) is 0 Å². The number of ether oxygens (including phenoxy) is 2. The van der Waals surface area contributed by atoms with Crippen LogP contribution in [0.2, 0.25) is 0 Å². The molecular formula is C43H84NO8P. The highest BCUT2D eigenvalue weighted by Crippen LogP contribution is 2.38. The van der Waals surface area contributed by atoms with Gasteiger partial charge in [0.15, 0.2) is 6.10 Å². The summed E-state index contributed by atoms with van der Waals surface area (Å²) in [6.07, 6.45) is 36.8. The number of esters is 2. The highest BCUT2D eigenvalue weighted by Gasteiger charge is 2.21. The fourth-order valence-electron chi connectivity index (χ4n) is 6.06. The van der Waals surface area contributed by atoms with Gasteiger partial charge < -0.3 is 27.9 Å². The number of nitrogens with zero attached hydrogens (tertiary/aromatic N) is 1. The Hall–Kier alpha value is -1.25. The van der Waals surface area contributed by atoms with E-state index in [4.69, 9.17) is 18.5 Å². The van der Waals surface area contributed by atoms with Crippen LogP contribution >= 0.6 is 7.82 Å². The number of phosphoric acid groups is 1. The maximum atomic E-state index is 12.6. The summed E-state index contributed by atoms with van der Waals surface area (Å²) in [6.45, 7) is 4.20. The highest BCUT2D eigenvalue weighted by atomic mass is 31.2. The van der Waals surface area contributed by atoms with Gasteiger partial charge in [-0.05, 0) is 38.5 Å². The van der Waals surface area contributed by atoms with Crippen LogP contribution in [-0.2, 0) is 32.7 Å². The lowest BCUT2D eigenvalue weighted by Gasteiger charge is -2.28. The molecule has 10 heteroatoms. The van der Waals surface area contributed by atoms with E-state index < -0.39 is 26.5 Å². The number of rotatable bonds is 40. The van der Waals surface area contributed by atoms with Crippen LogP contribution < -0.4 is 4.89 Å². The number of quaternary nitrogens is 1. The van der Waals surface area contributed by atoms with E-state index in [9.17, 15) is 19.0 Å². The highest BCUT2D eigenvalue weighted by molar-refractivity contribution is 7.45. The average Bonchev–Trinajstić information content (AvgIpc) is 3.10. The van der Waals surface area contributed by atoms with Gasteiger partial charge in [-0.2, -0.15) is 0 Å². The van der Waals surface area contributed by atoms with E-state index in [0.29, 0.717) is 17.4 Å². The smallest absolute Gasteiger partial charge is 0.306 e. The normalized spacial score (nSPS) is 13.7. The van der Waals surface area contributed by atoms with Crippen molar-refractivity contribution in [2.45, 2.75) is 206 Å². The number of unbranched alkanes of at least 4 members (excludes halogenated alkanes) is 24. The average molecular weight is 774 g/mol. The summed E-state index contributed by atoms with van der Waals surface area (Å²) >= 11 is 0. The lowest BCUT2D eigenvalue weighted by Crippen LogP contribution is -2.37. The van der Waals surface area contributed by atoms with Gasteiger partial charge in [0, 0.05) is 12.8 Å². The van der Waals surface area contributed by atoms with Crippen molar-refractivity contribution in [1.29, 1.82) is 0 Å². The molecule has 0 rings (SSSR count). The van der Waals surface area contributed by atoms with Crippen LogP contribution in [0.3, 0.4) is 0 Å². The van der Waals surface area contributed by atoms with Crippen LogP contribution in [-0.4, -0.2) is 70.0 Å². The SMILES string of the molecule is CCCCCCCC/C=C/CCCCCCCCCCCCCC(=O)OC[C@@H](COP(=O)([O-])OCC[N+](C)(C)C)OC(=O)CCCCCCCCCC. The van der Waals surface area contributed by atoms with Crippen molar-refractivity contribution in [3.63, 3.8) is 0 Å². The number of likely N-dealkylation sites (N-methyl/N-ethyl adjacent to an activating group) is 1. The quantitative estimate of drug-likeness (QED) is 0.0199. The van der Waals surface area contributed by atoms with Gasteiger partial charge in [0.25, 0.3) is 7.82 Å². The van der Waals surface area contributed by atoms with Crippen LogP contribution in [0.5, 0.6) is 0 Å². The topological polar surface area (TPSA) is 111 Å². The number of allylic oxidation sites excluding steroid dienone is 2. The van der Waals surface area contributed by atoms with E-state index in [2.05, 4.69) is 26.0 Å². The van der Waals surface area contributed by atoms with Crippen molar-refractivity contribution in [3.05, 3.63) is 12.2 Å². The zero-order valence-corrected chi connectivity index (χ0v) is 36.1. The predicted molar refractivity (Wildman–Crippen MR) is 218 cm³/mol. The molecule has 0 saturated carbocycles. The zero-order valence-electron chi connectivity index (χ0n) is 35.2. The summed E-state index contributed by atoms with van der Waals surface area (Å²) in [5.74, 6) is -0.832. The minimum atomic E-state index is -4.61. The number of hydrogen-bond acceptors (Lipinski definition) is 8. The molecule has 0 aliphatic heterocycles. The fraction of sp³-hybridized carbons (Fsp3) is 0.907. The van der Waals surface area contributed by atoms with E-state index in [1.165, 1.54) is 128 Å². The van der Waals surface area contributed by atoms with Gasteiger partial charge in [-0.25, -0.2) is 0 Å². The number of carbonyl (C=O) groups is 2. The molecule has 0 N–H and O–H groups in total. The van der Waals surface area contributed by atoms with Crippen LogP contribution in [0.25, 0.3) is 0 Å². The van der Waals surface area contributed by atoms with Gasteiger partial charge in [-0.15, -0.1) is 0 Å². The van der Waals surface area contributed by atoms with Crippen LogP contribution in [0.15, 0.2) is 12.2 Å². The van der Waals surface area contributed by atoms with E-state index in [-0.39, 0.29) is 32.0 Å². The van der Waals surface area contributed by atoms with E-state index >= 15 is 0 Å². The van der Waals surface area contributed by atoms with Crippen molar-refractivity contribution >= 4 is 19.8 Å². The van der Waals surface area contributed by atoms with E-state index in [1.807, 2.05) is 21.1 Å². The maximum absolute atomic E-state index is 12.6. The monoisotopic (exact) mass is 774 g/mol. The third kappa shape index (κ3) is 40.2. The first-order chi connectivity index (χ1) is 25.5. The molecule has 9 nitrogen and oxygen atoms in total. The second kappa shape index (κ2) is 36.4. The lowest BCUT2D eigenvalue weighted by molar-refractivity contribution is -0.870. The molecule has 0 spiro atoms. The predicted octanol–water partition coefficient (Wildman–Crippen LogP) is 11.6. The number of phosphoric ester groups is 1. The molecule has 1 unspecified atom stereocenters. The molecule has 0 amide bonds. The third-order valence-corrected chi connectivity index (χ3v) is 10.5. The van der Waals surface area contributed by atoms with Crippen molar-refractivity contribution < 1.29 is 42.1 Å². The molecule has 2 atom stereocenters. The van der Waals surface area contributed by atoms with E-state index in [0.717, 1.165) is 38.5 Å². The summed E-state index contributed by atoms with van der Waals surface area (Å²) in [7, 11) is 1.17. The van der Waals surface area contributed by atoms with Crippen molar-refractivity contribution in [2.75, 3.05) is 47.5 Å². The lowest BCUT2D eigenvalue weighted by atomic mass is 10.0. The first-order valence-electron chi connectivity index (χ1n) is 21.9. The Morgan fingerprint density at radius 1 is 0.566 bits per heavy atom. The van der Waals surface area contributed by atoms with Crippen molar-refractivity contribution in [3.8, 4) is 0 Å². The third-order valence-electron chi connectivity index (χ3n) is 9.54. The molecule has 0 aromatic heterocycles. The zero-order chi connectivity index (χ0) is 39.3. The Balaban J connectivity index is 4.16. The second-order valence-corrected chi connectivity index (χ2v) is 17.5.